The Hall–Kier alpha value is -12.7. The van der Waals surface area contributed by atoms with Crippen LogP contribution >= 0.6 is 0 Å². The quantitative estimate of drug-likeness (QED) is 0.133. The summed E-state index contributed by atoms with van der Waals surface area (Å²) >= 11 is 0. The van der Waals surface area contributed by atoms with E-state index in [4.69, 9.17) is 0 Å². The fourth-order valence-corrected chi connectivity index (χ4v) is 20.9. The van der Waals surface area contributed by atoms with Gasteiger partial charge in [0.1, 0.15) is 0 Å². The predicted octanol–water partition coefficient (Wildman–Crippen LogP) is 30.0. The fourth-order valence-electron chi connectivity index (χ4n) is 20.9. The van der Waals surface area contributed by atoms with Crippen LogP contribution in [0.3, 0.4) is 0 Å². The smallest absolute Gasteiger partial charge is 0.0159 e. The van der Waals surface area contributed by atoms with Crippen LogP contribution in [0.2, 0.25) is 0 Å². The molecule has 0 aromatic heterocycles. The van der Waals surface area contributed by atoms with Gasteiger partial charge in [-0.1, -0.05) is 347 Å². The first-order chi connectivity index (χ1) is 53.6. The molecule has 4 aliphatic rings. The van der Waals surface area contributed by atoms with Crippen molar-refractivity contribution in [2.24, 2.45) is 0 Å². The van der Waals surface area contributed by atoms with Crippen LogP contribution in [0.25, 0.3) is 187 Å². The minimum absolute atomic E-state index is 0.0956. The van der Waals surface area contributed by atoms with Crippen molar-refractivity contribution in [3.63, 3.8) is 0 Å². The van der Waals surface area contributed by atoms with E-state index in [1.807, 2.05) is 0 Å². The molecule has 18 aromatic carbocycles. The summed E-state index contributed by atoms with van der Waals surface area (Å²) in [6.07, 6.45) is 0. The van der Waals surface area contributed by atoms with Gasteiger partial charge in [0.2, 0.25) is 0 Å². The van der Waals surface area contributed by atoms with Gasteiger partial charge in [0.25, 0.3) is 0 Å². The summed E-state index contributed by atoms with van der Waals surface area (Å²) in [4.78, 5) is 0. The topological polar surface area (TPSA) is 0 Å². The first kappa shape index (κ1) is 64.4. The highest BCUT2D eigenvalue weighted by molar-refractivity contribution is 6.40. The van der Waals surface area contributed by atoms with E-state index in [-0.39, 0.29) is 21.7 Å². The zero-order valence-electron chi connectivity index (χ0n) is 63.3. The molecule has 0 bridgehead atoms. The SMILES string of the molecule is CC1(C)c2ccccc2-c2cc(-c3ccccc3-c3ccc4c5ccc(-c6ccccc6-c6ccc7c(c6)C(C)(C)c6ccccc6-7)cc5c5c6cc(-c7ccccc7-c7ccc8c(c7)C(C)(C)c7ccccc7-8)ccc6c6ccc(-c7ccccc7-c7ccc8c(c7)C(C)(C)c7ccccc7-8)cc6c5c4c3)ccc21. The van der Waals surface area contributed by atoms with Gasteiger partial charge in [0, 0.05) is 21.7 Å². The van der Waals surface area contributed by atoms with Crippen molar-refractivity contribution in [3.8, 4) is 134 Å². The summed E-state index contributed by atoms with van der Waals surface area (Å²) in [6, 6.07) is 131. The second-order valence-corrected chi connectivity index (χ2v) is 33.7. The Morgan fingerprint density at radius 3 is 0.582 bits per heavy atom. The molecule has 0 spiro atoms. The Balaban J connectivity index is 0.816. The third kappa shape index (κ3) is 9.20. The van der Waals surface area contributed by atoms with Gasteiger partial charge in [-0.15, -0.1) is 0 Å². The van der Waals surface area contributed by atoms with Crippen molar-refractivity contribution in [1.29, 1.82) is 0 Å². The summed E-state index contributed by atoms with van der Waals surface area (Å²) in [7, 11) is 0. The third-order valence-corrected chi connectivity index (χ3v) is 26.5. The van der Waals surface area contributed by atoms with Crippen LogP contribution in [0.15, 0.2) is 340 Å². The van der Waals surface area contributed by atoms with Crippen molar-refractivity contribution in [2.75, 3.05) is 0 Å². The Morgan fingerprint density at radius 2 is 0.309 bits per heavy atom. The van der Waals surface area contributed by atoms with Gasteiger partial charge in [-0.2, -0.15) is 0 Å². The average molecular weight is 1400 g/mol. The highest BCUT2D eigenvalue weighted by atomic mass is 14.4. The van der Waals surface area contributed by atoms with Crippen LogP contribution in [0.4, 0.5) is 0 Å². The van der Waals surface area contributed by atoms with Crippen LogP contribution in [-0.4, -0.2) is 0 Å². The molecule has 0 atom stereocenters. The molecule has 0 saturated carbocycles. The Labute approximate surface area is 644 Å². The molecule has 110 heavy (non-hydrogen) atoms. The van der Waals surface area contributed by atoms with Crippen molar-refractivity contribution >= 4 is 53.9 Å². The second kappa shape index (κ2) is 23.4. The third-order valence-electron chi connectivity index (χ3n) is 26.5. The summed E-state index contributed by atoms with van der Waals surface area (Å²) in [5.74, 6) is 0. The van der Waals surface area contributed by atoms with Gasteiger partial charge in [0.05, 0.1) is 0 Å². The Morgan fingerprint density at radius 1 is 0.127 bits per heavy atom. The molecule has 0 N–H and O–H groups in total. The molecule has 4 aliphatic carbocycles. The molecule has 0 unspecified atom stereocenters. The van der Waals surface area contributed by atoms with Gasteiger partial charge in [-0.3, -0.25) is 0 Å². The van der Waals surface area contributed by atoms with Gasteiger partial charge in [0.15, 0.2) is 0 Å². The Bertz CT molecular complexity index is 6910. The number of hydrogen-bond acceptors (Lipinski definition) is 0. The normalized spacial score (nSPS) is 14.7. The molecule has 0 heteroatoms. The van der Waals surface area contributed by atoms with Crippen molar-refractivity contribution < 1.29 is 0 Å². The minimum Gasteiger partial charge on any atom is -0.0619 e. The lowest BCUT2D eigenvalue weighted by Crippen LogP contribution is -2.14. The van der Waals surface area contributed by atoms with Crippen molar-refractivity contribution in [3.05, 3.63) is 384 Å². The molecule has 22 rings (SSSR count). The van der Waals surface area contributed by atoms with E-state index in [1.165, 1.54) is 232 Å². The van der Waals surface area contributed by atoms with Gasteiger partial charge in [-0.25, -0.2) is 0 Å². The minimum atomic E-state index is -0.143. The molecule has 520 valence electrons. The van der Waals surface area contributed by atoms with E-state index in [9.17, 15) is 0 Å². The zero-order valence-corrected chi connectivity index (χ0v) is 63.3. The van der Waals surface area contributed by atoms with Gasteiger partial charge < -0.3 is 0 Å². The highest BCUT2D eigenvalue weighted by Crippen LogP contribution is 2.57. The van der Waals surface area contributed by atoms with E-state index < -0.39 is 0 Å². The molecule has 18 aromatic rings. The summed E-state index contributed by atoms with van der Waals surface area (Å²) in [5.41, 5.74) is 40.5. The maximum Gasteiger partial charge on any atom is 0.0159 e. The van der Waals surface area contributed by atoms with Gasteiger partial charge in [-0.05, 0) is 280 Å². The number of fused-ring (bicyclic) bond motifs is 23. The zero-order chi connectivity index (χ0) is 73.8. The lowest BCUT2D eigenvalue weighted by atomic mass is 9.80. The molecule has 0 fully saturated rings. The number of benzene rings is 18. The fraction of sp³-hybridized carbons (Fsp3) is 0.109. The van der Waals surface area contributed by atoms with E-state index in [2.05, 4.69) is 395 Å². The van der Waals surface area contributed by atoms with Gasteiger partial charge >= 0.3 is 0 Å². The van der Waals surface area contributed by atoms with Crippen LogP contribution in [0.5, 0.6) is 0 Å². The summed E-state index contributed by atoms with van der Waals surface area (Å²) < 4.78 is 0. The number of rotatable bonds is 8. The highest BCUT2D eigenvalue weighted by Gasteiger charge is 2.40. The van der Waals surface area contributed by atoms with Crippen LogP contribution in [0, 0.1) is 0 Å². The number of hydrogen-bond donors (Lipinski definition) is 0. The van der Waals surface area contributed by atoms with Crippen molar-refractivity contribution in [1.82, 2.24) is 0 Å². The molecule has 0 heterocycles. The predicted molar refractivity (Wildman–Crippen MR) is 468 cm³/mol. The second-order valence-electron chi connectivity index (χ2n) is 33.7. The van der Waals surface area contributed by atoms with E-state index >= 15 is 0 Å². The standard InChI is InChI=1S/C110H80/c1-107(2)100-40-24-20-36-88(100)92-57-69(48-56-101(92)107)77-29-10-9-25-73(77)65-41-49-81-82-50-42-67(75-27-12-15-31-79(75)71-46-54-90-86-34-18-22-38-98(86)109(5,6)103(90)63-71)60-95(82)106-96-61-68(76-28-13-16-32-80(76)72-47-55-91-87-35-19-23-39-99(87)110(7,8)104(91)64-72)44-52-84(96)83-51-43-66(59-94(83)105(106)93(81)58-65)74-26-11-14-30-78(74)70-45-53-89-85-33-17-21-37-97(85)108(3,4)102(89)62-70/h9-64H,1-8H3. The summed E-state index contributed by atoms with van der Waals surface area (Å²) in [6.45, 7) is 19.1. The van der Waals surface area contributed by atoms with E-state index in [1.54, 1.807) is 0 Å². The van der Waals surface area contributed by atoms with E-state index in [0.717, 1.165) is 0 Å². The maximum atomic E-state index is 2.56. The first-order valence-electron chi connectivity index (χ1n) is 39.3. The molecular formula is C110H80. The van der Waals surface area contributed by atoms with Crippen LogP contribution in [0.1, 0.15) is 99.9 Å². The Kier molecular flexibility index (Phi) is 13.7. The van der Waals surface area contributed by atoms with E-state index in [0.29, 0.717) is 0 Å². The molecular weight excluding hydrogens is 1320 g/mol. The molecule has 0 aliphatic heterocycles. The molecule has 0 amide bonds. The molecule has 0 radical (unpaired) electrons. The maximum absolute atomic E-state index is 2.56. The average Bonchev–Trinajstić information content (AvgIpc) is 1.16. The largest absolute Gasteiger partial charge is 0.0619 e. The monoisotopic (exact) mass is 1400 g/mol. The lowest BCUT2D eigenvalue weighted by Gasteiger charge is -2.23. The lowest BCUT2D eigenvalue weighted by molar-refractivity contribution is 0.660. The van der Waals surface area contributed by atoms with Crippen molar-refractivity contribution in [2.45, 2.75) is 77.0 Å². The summed E-state index contributed by atoms with van der Waals surface area (Å²) in [5, 5.41) is 12.3. The molecule has 0 saturated heterocycles. The first-order valence-corrected chi connectivity index (χ1v) is 39.3. The van der Waals surface area contributed by atoms with Crippen LogP contribution in [-0.2, 0) is 21.7 Å². The molecule has 0 nitrogen and oxygen atoms in total. The van der Waals surface area contributed by atoms with Crippen LogP contribution < -0.4 is 0 Å².